The molecule has 1 saturated carbocycles. The van der Waals surface area contributed by atoms with Crippen LogP contribution in [0, 0.1) is 6.92 Å². The molecule has 38 heavy (non-hydrogen) atoms. The Morgan fingerprint density at radius 3 is 2.29 bits per heavy atom. The number of carbonyl (C=O) groups is 2. The Morgan fingerprint density at radius 2 is 1.66 bits per heavy atom. The van der Waals surface area contributed by atoms with Gasteiger partial charge in [-0.2, -0.15) is 0 Å². The fourth-order valence-electron chi connectivity index (χ4n) is 4.77. The van der Waals surface area contributed by atoms with Crippen LogP contribution in [0.5, 0.6) is 0 Å². The maximum Gasteiger partial charge on any atom is 0.242 e. The predicted molar refractivity (Wildman–Crippen MR) is 154 cm³/mol. The number of anilines is 1. The van der Waals surface area contributed by atoms with Crippen molar-refractivity contribution >= 4 is 50.7 Å². The zero-order valence-electron chi connectivity index (χ0n) is 22.3. The van der Waals surface area contributed by atoms with Crippen LogP contribution in [0.2, 0.25) is 10.0 Å². The molecular formula is C28H37Cl2N3O4S. The van der Waals surface area contributed by atoms with Gasteiger partial charge in [0.05, 0.1) is 11.9 Å². The molecule has 7 nitrogen and oxygen atoms in total. The lowest BCUT2D eigenvalue weighted by Crippen LogP contribution is -2.50. The Morgan fingerprint density at radius 1 is 1.03 bits per heavy atom. The van der Waals surface area contributed by atoms with Crippen molar-refractivity contribution in [1.82, 2.24) is 10.2 Å². The van der Waals surface area contributed by atoms with E-state index >= 15 is 0 Å². The lowest BCUT2D eigenvalue weighted by atomic mass is 9.95. The summed E-state index contributed by atoms with van der Waals surface area (Å²) in [6.07, 6.45) is 6.78. The van der Waals surface area contributed by atoms with Crippen LogP contribution < -0.4 is 9.62 Å². The summed E-state index contributed by atoms with van der Waals surface area (Å²) in [6, 6.07) is 11.7. The van der Waals surface area contributed by atoms with Crippen molar-refractivity contribution in [3.8, 4) is 0 Å². The SMILES string of the molecule is Cc1ccc(Cl)cc1N(CCCC(=O)N(Cc1ccc(Cl)cc1)[C@@H](C)C(=O)NC1CCCCC1)S(C)(=O)=O. The van der Waals surface area contributed by atoms with Crippen molar-refractivity contribution in [3.63, 3.8) is 0 Å². The quantitative estimate of drug-likeness (QED) is 0.368. The number of nitrogens with one attached hydrogen (secondary N) is 1. The number of benzene rings is 2. The van der Waals surface area contributed by atoms with Crippen LogP contribution in [-0.4, -0.2) is 50.0 Å². The molecule has 3 rings (SSSR count). The van der Waals surface area contributed by atoms with Crippen LogP contribution in [0.4, 0.5) is 5.69 Å². The molecule has 0 saturated heterocycles. The lowest BCUT2D eigenvalue weighted by Gasteiger charge is -2.31. The van der Waals surface area contributed by atoms with Gasteiger partial charge in [-0.3, -0.25) is 13.9 Å². The smallest absolute Gasteiger partial charge is 0.242 e. The first-order valence-electron chi connectivity index (χ1n) is 13.0. The third-order valence-corrected chi connectivity index (χ3v) is 8.64. The molecule has 2 aromatic rings. The number of rotatable bonds is 11. The van der Waals surface area contributed by atoms with Gasteiger partial charge >= 0.3 is 0 Å². The molecule has 1 N–H and O–H groups in total. The van der Waals surface area contributed by atoms with Crippen LogP contribution in [0.1, 0.15) is 63.0 Å². The molecule has 1 aliphatic carbocycles. The van der Waals surface area contributed by atoms with Crippen molar-refractivity contribution in [1.29, 1.82) is 0 Å². The molecule has 10 heteroatoms. The topological polar surface area (TPSA) is 86.8 Å². The third-order valence-electron chi connectivity index (χ3n) is 6.98. The van der Waals surface area contributed by atoms with Crippen LogP contribution in [0.25, 0.3) is 0 Å². The number of halogens is 2. The minimum absolute atomic E-state index is 0.0836. The van der Waals surface area contributed by atoms with E-state index in [0.29, 0.717) is 15.7 Å². The Kier molecular flexibility index (Phi) is 10.9. The Bertz CT molecular complexity index is 1220. The van der Waals surface area contributed by atoms with E-state index in [1.807, 2.05) is 19.1 Å². The van der Waals surface area contributed by atoms with E-state index in [0.717, 1.165) is 43.1 Å². The molecule has 0 bridgehead atoms. The minimum atomic E-state index is -3.60. The number of sulfonamides is 1. The molecule has 0 radical (unpaired) electrons. The second-order valence-corrected chi connectivity index (χ2v) is 12.8. The van der Waals surface area contributed by atoms with Gasteiger partial charge < -0.3 is 10.2 Å². The highest BCUT2D eigenvalue weighted by atomic mass is 35.5. The first-order chi connectivity index (χ1) is 18.0. The summed E-state index contributed by atoms with van der Waals surface area (Å²) in [6.45, 7) is 3.92. The molecule has 0 unspecified atom stereocenters. The van der Waals surface area contributed by atoms with Crippen molar-refractivity contribution in [2.24, 2.45) is 0 Å². The van der Waals surface area contributed by atoms with Gasteiger partial charge in [0.2, 0.25) is 21.8 Å². The van der Waals surface area contributed by atoms with Crippen LogP contribution >= 0.6 is 23.2 Å². The highest BCUT2D eigenvalue weighted by molar-refractivity contribution is 7.92. The molecule has 0 heterocycles. The van der Waals surface area contributed by atoms with E-state index < -0.39 is 16.1 Å². The molecule has 0 aliphatic heterocycles. The van der Waals surface area contributed by atoms with E-state index in [1.165, 1.54) is 10.7 Å². The largest absolute Gasteiger partial charge is 0.352 e. The fourth-order valence-corrected chi connectivity index (χ4v) is 6.08. The van der Waals surface area contributed by atoms with Gasteiger partial charge in [-0.15, -0.1) is 0 Å². The summed E-state index contributed by atoms with van der Waals surface area (Å²) < 4.78 is 26.5. The summed E-state index contributed by atoms with van der Waals surface area (Å²) in [4.78, 5) is 28.2. The highest BCUT2D eigenvalue weighted by Gasteiger charge is 2.28. The number of hydrogen-bond donors (Lipinski definition) is 1. The number of hydrogen-bond acceptors (Lipinski definition) is 4. The number of carbonyl (C=O) groups excluding carboxylic acids is 2. The number of amides is 2. The molecule has 208 valence electrons. The molecular weight excluding hydrogens is 545 g/mol. The van der Waals surface area contributed by atoms with Gasteiger partial charge in [0.1, 0.15) is 6.04 Å². The predicted octanol–water partition coefficient (Wildman–Crippen LogP) is 5.71. The maximum atomic E-state index is 13.5. The summed E-state index contributed by atoms with van der Waals surface area (Å²) in [7, 11) is -3.60. The average molecular weight is 583 g/mol. The first kappa shape index (κ1) is 30.3. The molecule has 1 atom stereocenters. The van der Waals surface area contributed by atoms with Crippen molar-refractivity contribution < 1.29 is 18.0 Å². The van der Waals surface area contributed by atoms with E-state index in [9.17, 15) is 18.0 Å². The zero-order valence-corrected chi connectivity index (χ0v) is 24.6. The lowest BCUT2D eigenvalue weighted by molar-refractivity contribution is -0.141. The fraction of sp³-hybridized carbons (Fsp3) is 0.500. The van der Waals surface area contributed by atoms with Crippen LogP contribution in [0.3, 0.4) is 0 Å². The van der Waals surface area contributed by atoms with Gasteiger partial charge in [0.15, 0.2) is 0 Å². The van der Waals surface area contributed by atoms with Crippen LogP contribution in [-0.2, 0) is 26.2 Å². The first-order valence-corrected chi connectivity index (χ1v) is 15.6. The van der Waals surface area contributed by atoms with Gasteiger partial charge in [0.25, 0.3) is 0 Å². The van der Waals surface area contributed by atoms with Crippen LogP contribution in [0.15, 0.2) is 42.5 Å². The standard InChI is InChI=1S/C28H37Cl2N3O4S/c1-20-11-14-24(30)18-26(20)33(38(3,36)37)17-7-10-27(34)32(19-22-12-15-23(29)16-13-22)21(2)28(35)31-25-8-5-4-6-9-25/h11-16,18,21,25H,4-10,17,19H2,1-3H3,(H,31,35)/t21-/m0/s1. The van der Waals surface area contributed by atoms with Crippen molar-refractivity contribution in [2.45, 2.75) is 77.4 Å². The Labute approximate surface area is 236 Å². The third kappa shape index (κ3) is 8.61. The summed E-state index contributed by atoms with van der Waals surface area (Å²) >= 11 is 12.2. The van der Waals surface area contributed by atoms with Crippen molar-refractivity contribution in [2.75, 3.05) is 17.1 Å². The summed E-state index contributed by atoms with van der Waals surface area (Å²) in [5.74, 6) is -0.394. The highest BCUT2D eigenvalue weighted by Crippen LogP contribution is 2.27. The van der Waals surface area contributed by atoms with E-state index in [4.69, 9.17) is 23.2 Å². The molecule has 2 amide bonds. The normalized spacial score (nSPS) is 15.1. The van der Waals surface area contributed by atoms with Gasteiger partial charge in [-0.25, -0.2) is 8.42 Å². The zero-order chi connectivity index (χ0) is 27.9. The molecule has 2 aromatic carbocycles. The molecule has 1 fully saturated rings. The maximum absolute atomic E-state index is 13.5. The van der Waals surface area contributed by atoms with Gasteiger partial charge in [-0.1, -0.05) is 60.7 Å². The van der Waals surface area contributed by atoms with E-state index in [2.05, 4.69) is 5.32 Å². The van der Waals surface area contributed by atoms with Crippen molar-refractivity contribution in [3.05, 3.63) is 63.6 Å². The average Bonchev–Trinajstić information content (AvgIpc) is 2.87. The van der Waals surface area contributed by atoms with Gasteiger partial charge in [-0.05, 0) is 68.5 Å². The summed E-state index contributed by atoms with van der Waals surface area (Å²) in [5, 5.41) is 4.14. The number of aryl methyl sites for hydroxylation is 1. The Hall–Kier alpha value is -2.29. The summed E-state index contributed by atoms with van der Waals surface area (Å²) in [5.41, 5.74) is 2.11. The Balaban J connectivity index is 1.73. The monoisotopic (exact) mass is 581 g/mol. The molecule has 0 aromatic heterocycles. The minimum Gasteiger partial charge on any atom is -0.352 e. The molecule has 0 spiro atoms. The second-order valence-electron chi connectivity index (χ2n) is 10.0. The molecule has 1 aliphatic rings. The van der Waals surface area contributed by atoms with Gasteiger partial charge in [0, 0.05) is 35.6 Å². The van der Waals surface area contributed by atoms with E-state index in [1.54, 1.807) is 42.2 Å². The second kappa shape index (κ2) is 13.7. The van der Waals surface area contributed by atoms with E-state index in [-0.39, 0.29) is 43.8 Å². The number of nitrogens with zero attached hydrogens (tertiary/aromatic N) is 2.